The molecule has 18 heavy (non-hydrogen) atoms. The molecule has 0 aromatic heterocycles. The number of alkyl halides is 2. The Hall–Kier alpha value is -0.420. The van der Waals surface area contributed by atoms with E-state index in [4.69, 9.17) is 5.73 Å². The van der Waals surface area contributed by atoms with Crippen molar-refractivity contribution in [2.45, 2.75) is 50.5 Å². The Kier molecular flexibility index (Phi) is 5.34. The van der Waals surface area contributed by atoms with Crippen LogP contribution in [-0.4, -0.2) is 35.9 Å². The predicted molar refractivity (Wildman–Crippen MR) is 67.9 cm³/mol. The number of nitrogens with zero attached hydrogens (tertiary/aromatic N) is 1. The third kappa shape index (κ3) is 3.79. The van der Waals surface area contributed by atoms with Crippen molar-refractivity contribution in [3.63, 3.8) is 0 Å². The van der Waals surface area contributed by atoms with Gasteiger partial charge >= 0.3 is 0 Å². The van der Waals surface area contributed by atoms with Crippen LogP contribution in [0.2, 0.25) is 0 Å². The minimum Gasteiger partial charge on any atom is -0.336 e. The van der Waals surface area contributed by atoms with Crippen molar-refractivity contribution in [3.05, 3.63) is 0 Å². The van der Waals surface area contributed by atoms with Crippen LogP contribution in [0.25, 0.3) is 0 Å². The lowest BCUT2D eigenvalue weighted by atomic mass is 9.85. The first kappa shape index (κ1) is 15.6. The van der Waals surface area contributed by atoms with Gasteiger partial charge in [0, 0.05) is 24.9 Å². The van der Waals surface area contributed by atoms with E-state index in [0.717, 1.165) is 25.7 Å². The molecule has 1 heterocycles. The number of carbonyl (C=O) groups is 1. The summed E-state index contributed by atoms with van der Waals surface area (Å²) in [6.07, 6.45) is 3.49. The van der Waals surface area contributed by atoms with Crippen LogP contribution in [0.1, 0.15) is 38.5 Å². The molecule has 0 spiro atoms. The number of carbonyl (C=O) groups excluding carboxylic acids is 1. The molecule has 2 fully saturated rings. The largest absolute Gasteiger partial charge is 0.336 e. The Balaban J connectivity index is 0.00000162. The molecule has 1 saturated carbocycles. The third-order valence-corrected chi connectivity index (χ3v) is 3.83. The number of nitrogens with two attached hydrogens (primary N) is 1. The fourth-order valence-corrected chi connectivity index (χ4v) is 2.78. The first-order valence-corrected chi connectivity index (χ1v) is 6.40. The summed E-state index contributed by atoms with van der Waals surface area (Å²) in [5.41, 5.74) is 5.77. The highest BCUT2D eigenvalue weighted by molar-refractivity contribution is 5.85. The molecule has 2 aliphatic rings. The van der Waals surface area contributed by atoms with E-state index in [1.165, 1.54) is 4.90 Å². The van der Waals surface area contributed by atoms with Crippen molar-refractivity contribution in [1.82, 2.24) is 4.90 Å². The summed E-state index contributed by atoms with van der Waals surface area (Å²) < 4.78 is 26.5. The summed E-state index contributed by atoms with van der Waals surface area (Å²) >= 11 is 0. The monoisotopic (exact) mass is 282 g/mol. The minimum atomic E-state index is -2.70. The molecule has 0 bridgehead atoms. The molecule has 0 aromatic rings. The highest BCUT2D eigenvalue weighted by Crippen LogP contribution is 2.30. The number of piperidine rings is 1. The molecule has 0 unspecified atom stereocenters. The first-order chi connectivity index (χ1) is 7.98. The molecule has 0 atom stereocenters. The molecular weight excluding hydrogens is 262 g/mol. The number of halogens is 3. The minimum absolute atomic E-state index is 0. The number of likely N-dealkylation sites (tertiary alicyclic amines) is 1. The molecule has 2 rings (SSSR count). The summed E-state index contributed by atoms with van der Waals surface area (Å²) in [7, 11) is 0. The van der Waals surface area contributed by atoms with Gasteiger partial charge in [-0.15, -0.1) is 12.4 Å². The number of rotatable bonds is 1. The van der Waals surface area contributed by atoms with Gasteiger partial charge < -0.3 is 10.6 Å². The molecule has 106 valence electrons. The molecular formula is C12H21ClF2N2O. The molecule has 0 radical (unpaired) electrons. The average Bonchev–Trinajstić information content (AvgIpc) is 2.28. The van der Waals surface area contributed by atoms with E-state index in [1.807, 2.05) is 0 Å². The van der Waals surface area contributed by atoms with Gasteiger partial charge in [-0.2, -0.15) is 0 Å². The maximum absolute atomic E-state index is 13.2. The van der Waals surface area contributed by atoms with E-state index in [-0.39, 0.29) is 36.7 Å². The summed E-state index contributed by atoms with van der Waals surface area (Å²) in [5, 5.41) is 0. The van der Waals surface area contributed by atoms with Gasteiger partial charge in [0.05, 0.1) is 6.54 Å². The lowest BCUT2D eigenvalue weighted by molar-refractivity contribution is -0.146. The van der Waals surface area contributed by atoms with Gasteiger partial charge in [-0.1, -0.05) is 0 Å². The normalized spacial score (nSPS) is 31.6. The average molecular weight is 283 g/mol. The van der Waals surface area contributed by atoms with Gasteiger partial charge in [0.1, 0.15) is 0 Å². The van der Waals surface area contributed by atoms with E-state index < -0.39 is 12.5 Å². The third-order valence-electron chi connectivity index (χ3n) is 3.83. The Bertz CT molecular complexity index is 294. The van der Waals surface area contributed by atoms with Crippen molar-refractivity contribution in [2.75, 3.05) is 13.1 Å². The van der Waals surface area contributed by atoms with Crippen molar-refractivity contribution in [2.24, 2.45) is 11.7 Å². The first-order valence-electron chi connectivity index (χ1n) is 6.40. The predicted octanol–water partition coefficient (Wildman–Crippen LogP) is 2.18. The Morgan fingerprint density at radius 1 is 1.22 bits per heavy atom. The molecule has 1 aliphatic heterocycles. The molecule has 1 amide bonds. The van der Waals surface area contributed by atoms with E-state index >= 15 is 0 Å². The van der Waals surface area contributed by atoms with Crippen LogP contribution >= 0.6 is 12.4 Å². The Morgan fingerprint density at radius 3 is 2.39 bits per heavy atom. The maximum Gasteiger partial charge on any atom is 0.265 e. The van der Waals surface area contributed by atoms with Gasteiger partial charge in [0.25, 0.3) is 5.92 Å². The summed E-state index contributed by atoms with van der Waals surface area (Å²) in [4.78, 5) is 13.5. The van der Waals surface area contributed by atoms with E-state index in [2.05, 4.69) is 0 Å². The van der Waals surface area contributed by atoms with Crippen molar-refractivity contribution >= 4 is 18.3 Å². The standard InChI is InChI=1S/C12H20F2N2O.ClH/c13-12(14)6-1-7-16(8-12)11(17)9-2-4-10(15)5-3-9;/h9-10H,1-8,15H2;1H. The topological polar surface area (TPSA) is 46.3 Å². The highest BCUT2D eigenvalue weighted by Gasteiger charge is 2.39. The van der Waals surface area contributed by atoms with Gasteiger partial charge in [-0.25, -0.2) is 8.78 Å². The molecule has 3 nitrogen and oxygen atoms in total. The van der Waals surface area contributed by atoms with Gasteiger partial charge in [-0.3, -0.25) is 4.79 Å². The van der Waals surface area contributed by atoms with Crippen LogP contribution < -0.4 is 5.73 Å². The zero-order valence-electron chi connectivity index (χ0n) is 10.4. The number of hydrogen-bond donors (Lipinski definition) is 1. The van der Waals surface area contributed by atoms with Crippen LogP contribution in [0.4, 0.5) is 8.78 Å². The Morgan fingerprint density at radius 2 is 1.83 bits per heavy atom. The van der Waals surface area contributed by atoms with Crippen molar-refractivity contribution in [3.8, 4) is 0 Å². The maximum atomic E-state index is 13.2. The van der Waals surface area contributed by atoms with Crippen LogP contribution in [0.3, 0.4) is 0 Å². The fourth-order valence-electron chi connectivity index (χ4n) is 2.78. The smallest absolute Gasteiger partial charge is 0.265 e. The zero-order chi connectivity index (χ0) is 12.5. The van der Waals surface area contributed by atoms with E-state index in [1.54, 1.807) is 0 Å². The second kappa shape index (κ2) is 6.15. The molecule has 1 aliphatic carbocycles. The van der Waals surface area contributed by atoms with E-state index in [0.29, 0.717) is 13.0 Å². The lowest BCUT2D eigenvalue weighted by Gasteiger charge is -2.36. The quantitative estimate of drug-likeness (QED) is 0.801. The number of amides is 1. The lowest BCUT2D eigenvalue weighted by Crippen LogP contribution is -2.48. The van der Waals surface area contributed by atoms with Gasteiger partial charge in [0.15, 0.2) is 0 Å². The summed E-state index contributed by atoms with van der Waals surface area (Å²) in [6.45, 7) is 0.0887. The number of hydrogen-bond acceptors (Lipinski definition) is 2. The highest BCUT2D eigenvalue weighted by atomic mass is 35.5. The SMILES string of the molecule is Cl.NC1CCC(C(=O)N2CCCC(F)(F)C2)CC1. The molecule has 1 saturated heterocycles. The molecule has 2 N–H and O–H groups in total. The molecule has 6 heteroatoms. The second-order valence-electron chi connectivity index (χ2n) is 5.33. The van der Waals surface area contributed by atoms with Crippen LogP contribution in [-0.2, 0) is 4.79 Å². The second-order valence-corrected chi connectivity index (χ2v) is 5.33. The van der Waals surface area contributed by atoms with Crippen LogP contribution in [0.15, 0.2) is 0 Å². The zero-order valence-corrected chi connectivity index (χ0v) is 11.2. The van der Waals surface area contributed by atoms with Gasteiger partial charge in [-0.05, 0) is 32.1 Å². The summed E-state index contributed by atoms with van der Waals surface area (Å²) in [6, 6.07) is 0.182. The Labute approximate surface area is 112 Å². The van der Waals surface area contributed by atoms with Gasteiger partial charge in [0.2, 0.25) is 5.91 Å². The molecule has 0 aromatic carbocycles. The van der Waals surface area contributed by atoms with Crippen molar-refractivity contribution in [1.29, 1.82) is 0 Å². The van der Waals surface area contributed by atoms with E-state index in [9.17, 15) is 13.6 Å². The van der Waals surface area contributed by atoms with Crippen molar-refractivity contribution < 1.29 is 13.6 Å². The van der Waals surface area contributed by atoms with Crippen LogP contribution in [0.5, 0.6) is 0 Å². The summed E-state index contributed by atoms with van der Waals surface area (Å²) in [5.74, 6) is -2.86. The fraction of sp³-hybridized carbons (Fsp3) is 0.917. The van der Waals surface area contributed by atoms with Crippen LogP contribution in [0, 0.1) is 5.92 Å².